The van der Waals surface area contributed by atoms with Crippen molar-refractivity contribution in [3.63, 3.8) is 0 Å². The van der Waals surface area contributed by atoms with Crippen LogP contribution in [0, 0.1) is 5.82 Å². The van der Waals surface area contributed by atoms with E-state index in [-0.39, 0.29) is 18.1 Å². The van der Waals surface area contributed by atoms with Gasteiger partial charge in [-0.1, -0.05) is 44.5 Å². The monoisotopic (exact) mass is 470 g/mol. The second-order valence-electron chi connectivity index (χ2n) is 6.71. The lowest BCUT2D eigenvalue weighted by atomic mass is 10.1. The van der Waals surface area contributed by atoms with Crippen molar-refractivity contribution in [3.05, 3.63) is 64.7 Å². The van der Waals surface area contributed by atoms with E-state index in [0.29, 0.717) is 5.82 Å². The van der Waals surface area contributed by atoms with Gasteiger partial charge in [-0.15, -0.1) is 0 Å². The van der Waals surface area contributed by atoms with Crippen LogP contribution in [-0.2, 0) is 16.1 Å². The number of imide groups is 1. The van der Waals surface area contributed by atoms with E-state index >= 15 is 0 Å². The Balaban J connectivity index is 1.37. The van der Waals surface area contributed by atoms with E-state index < -0.39 is 29.7 Å². The molecule has 2 atom stereocenters. The van der Waals surface area contributed by atoms with E-state index in [1.54, 1.807) is 0 Å². The number of benzene rings is 2. The molecule has 11 heteroatoms. The van der Waals surface area contributed by atoms with E-state index in [1.807, 2.05) is 24.3 Å². The van der Waals surface area contributed by atoms with Gasteiger partial charge in [0.1, 0.15) is 12.4 Å². The van der Waals surface area contributed by atoms with Gasteiger partial charge in [0.05, 0.1) is 5.69 Å². The molecule has 2 aliphatic rings. The lowest BCUT2D eigenvalue weighted by molar-refractivity contribution is -0.123. The molecule has 0 spiro atoms. The number of anilines is 1. The van der Waals surface area contributed by atoms with Crippen molar-refractivity contribution >= 4 is 33.4 Å². The highest BCUT2D eigenvalue weighted by molar-refractivity contribution is 9.10. The van der Waals surface area contributed by atoms with Crippen molar-refractivity contribution in [1.82, 2.24) is 15.1 Å². The minimum absolute atomic E-state index is 0.00167. The highest BCUT2D eigenvalue weighted by Gasteiger charge is 2.55. The molecule has 5 rings (SSSR count). The summed E-state index contributed by atoms with van der Waals surface area (Å²) in [6.07, 6.45) is 0. The summed E-state index contributed by atoms with van der Waals surface area (Å²) in [6, 6.07) is 10.7. The number of hydrogen-bond acceptors (Lipinski definition) is 8. The summed E-state index contributed by atoms with van der Waals surface area (Å²) in [5, 5.41) is 13.2. The first kappa shape index (κ1) is 18.6. The molecular weight excluding hydrogens is 459 g/mol. The van der Waals surface area contributed by atoms with Gasteiger partial charge >= 0.3 is 0 Å². The van der Waals surface area contributed by atoms with Crippen LogP contribution < -0.4 is 4.90 Å². The number of amides is 2. The molecule has 1 fully saturated rings. The normalized spacial score (nSPS) is 20.3. The molecule has 30 heavy (non-hydrogen) atoms. The number of halogens is 2. The van der Waals surface area contributed by atoms with Gasteiger partial charge in [0.25, 0.3) is 11.8 Å². The summed E-state index contributed by atoms with van der Waals surface area (Å²) >= 11 is 3.39. The van der Waals surface area contributed by atoms with Crippen LogP contribution in [0.15, 0.2) is 67.9 Å². The summed E-state index contributed by atoms with van der Waals surface area (Å²) < 4.78 is 19.7. The predicted molar refractivity (Wildman–Crippen MR) is 104 cm³/mol. The molecular formula is C19H12BrFN6O3. The van der Waals surface area contributed by atoms with Crippen LogP contribution in [0.4, 0.5) is 10.1 Å². The van der Waals surface area contributed by atoms with E-state index in [9.17, 15) is 14.0 Å². The van der Waals surface area contributed by atoms with Gasteiger partial charge < -0.3 is 4.52 Å². The number of nitrogens with zero attached hydrogens (tertiary/aromatic N) is 6. The average Bonchev–Trinajstić information content (AvgIpc) is 3.41. The van der Waals surface area contributed by atoms with Gasteiger partial charge in [0.15, 0.2) is 12.1 Å². The van der Waals surface area contributed by atoms with Crippen molar-refractivity contribution in [2.75, 3.05) is 4.90 Å². The maximum atomic E-state index is 13.6. The Kier molecular flexibility index (Phi) is 4.39. The molecule has 2 amide bonds. The molecule has 0 aliphatic carbocycles. The van der Waals surface area contributed by atoms with Crippen molar-refractivity contribution in [2.45, 2.75) is 18.6 Å². The number of carbonyl (C=O) groups is 2. The highest BCUT2D eigenvalue weighted by Crippen LogP contribution is 2.33. The zero-order valence-electron chi connectivity index (χ0n) is 15.1. The Hall–Kier alpha value is -3.47. The Morgan fingerprint density at radius 2 is 1.93 bits per heavy atom. The van der Waals surface area contributed by atoms with Crippen LogP contribution in [-0.4, -0.2) is 39.0 Å². The molecule has 1 aromatic heterocycles. The van der Waals surface area contributed by atoms with Crippen LogP contribution in [0.5, 0.6) is 0 Å². The van der Waals surface area contributed by atoms with E-state index in [2.05, 4.69) is 36.4 Å². The highest BCUT2D eigenvalue weighted by atomic mass is 79.9. The largest absolute Gasteiger partial charge is 0.337 e. The van der Waals surface area contributed by atoms with Crippen LogP contribution in [0.25, 0.3) is 11.4 Å². The van der Waals surface area contributed by atoms with Gasteiger partial charge in [-0.05, 0) is 30.3 Å². The maximum absolute atomic E-state index is 13.6. The first-order valence-corrected chi connectivity index (χ1v) is 9.70. The lowest BCUT2D eigenvalue weighted by Crippen LogP contribution is -2.39. The number of carbonyl (C=O) groups excluding carboxylic acids is 2. The zero-order valence-corrected chi connectivity index (χ0v) is 16.7. The van der Waals surface area contributed by atoms with Gasteiger partial charge in [-0.3, -0.25) is 14.6 Å². The molecule has 2 aliphatic heterocycles. The van der Waals surface area contributed by atoms with Crippen molar-refractivity contribution in [1.29, 1.82) is 0 Å². The Morgan fingerprint density at radius 1 is 1.10 bits per heavy atom. The number of hydrogen-bond donors (Lipinski definition) is 0. The molecule has 9 nitrogen and oxygen atoms in total. The minimum atomic E-state index is -0.992. The fourth-order valence-corrected chi connectivity index (χ4v) is 3.83. The predicted octanol–water partition coefficient (Wildman–Crippen LogP) is 3.13. The molecule has 3 aromatic rings. The molecule has 2 unspecified atom stereocenters. The topological polar surface area (TPSA) is 104 Å². The summed E-state index contributed by atoms with van der Waals surface area (Å²) in [4.78, 5) is 30.9. The third kappa shape index (κ3) is 3.07. The Bertz CT molecular complexity index is 1200. The SMILES string of the molecule is O=C1C2N=NN(Cc3nc(-c4cccc(Br)c4)no3)C2C(=O)N1c1cccc(F)c1. The van der Waals surface area contributed by atoms with Crippen LogP contribution >= 0.6 is 15.9 Å². The van der Waals surface area contributed by atoms with Crippen molar-refractivity contribution in [3.8, 4) is 11.4 Å². The molecule has 3 heterocycles. The zero-order chi connectivity index (χ0) is 20.8. The van der Waals surface area contributed by atoms with Crippen LogP contribution in [0.2, 0.25) is 0 Å². The van der Waals surface area contributed by atoms with Gasteiger partial charge in [0, 0.05) is 10.0 Å². The Labute approximate surface area is 177 Å². The molecule has 0 bridgehead atoms. The molecule has 0 radical (unpaired) electrons. The second kappa shape index (κ2) is 7.10. The summed E-state index contributed by atoms with van der Waals surface area (Å²) in [6.45, 7) is 0.00167. The van der Waals surface area contributed by atoms with Crippen molar-refractivity contribution < 1.29 is 18.5 Å². The number of fused-ring (bicyclic) bond motifs is 1. The molecule has 1 saturated heterocycles. The lowest BCUT2D eigenvalue weighted by Gasteiger charge is -2.19. The maximum Gasteiger partial charge on any atom is 0.263 e. The number of aromatic nitrogens is 2. The van der Waals surface area contributed by atoms with Gasteiger partial charge in [-0.2, -0.15) is 10.1 Å². The molecule has 0 saturated carbocycles. The molecule has 150 valence electrons. The first-order valence-electron chi connectivity index (χ1n) is 8.90. The molecule has 0 N–H and O–H groups in total. The summed E-state index contributed by atoms with van der Waals surface area (Å²) in [7, 11) is 0. The second-order valence-corrected chi connectivity index (χ2v) is 7.62. The quantitative estimate of drug-likeness (QED) is 0.542. The van der Waals surface area contributed by atoms with Crippen LogP contribution in [0.1, 0.15) is 5.89 Å². The minimum Gasteiger partial charge on any atom is -0.337 e. The van der Waals surface area contributed by atoms with Crippen molar-refractivity contribution in [2.24, 2.45) is 10.3 Å². The summed E-state index contributed by atoms with van der Waals surface area (Å²) in [5.41, 5.74) is 0.911. The number of rotatable bonds is 4. The third-order valence-corrected chi connectivity index (χ3v) is 5.27. The fraction of sp³-hybridized carbons (Fsp3) is 0.158. The van der Waals surface area contributed by atoms with Crippen LogP contribution in [0.3, 0.4) is 0 Å². The van der Waals surface area contributed by atoms with E-state index in [0.717, 1.165) is 21.0 Å². The van der Waals surface area contributed by atoms with E-state index in [4.69, 9.17) is 4.52 Å². The van der Waals surface area contributed by atoms with Gasteiger partial charge in [0.2, 0.25) is 11.7 Å². The van der Waals surface area contributed by atoms with Gasteiger partial charge in [-0.25, -0.2) is 9.29 Å². The molecule has 2 aromatic carbocycles. The average molecular weight is 471 g/mol. The Morgan fingerprint density at radius 3 is 2.73 bits per heavy atom. The smallest absolute Gasteiger partial charge is 0.263 e. The fourth-order valence-electron chi connectivity index (χ4n) is 3.43. The van der Waals surface area contributed by atoms with E-state index in [1.165, 1.54) is 23.2 Å². The first-order chi connectivity index (χ1) is 14.5. The third-order valence-electron chi connectivity index (χ3n) is 4.77. The standard InChI is InChI=1S/C19H12BrFN6O3/c20-11-4-1-3-10(7-11)17-22-14(30-24-17)9-26-16-15(23-25-26)18(28)27(19(16)29)13-6-2-5-12(21)8-13/h1-8,15-16H,9H2. The summed E-state index contributed by atoms with van der Waals surface area (Å²) in [5.74, 6) is -1.03.